The van der Waals surface area contributed by atoms with Crippen LogP contribution in [-0.2, 0) is 6.54 Å². The second kappa shape index (κ2) is 19.7. The van der Waals surface area contributed by atoms with Crippen molar-refractivity contribution in [3.05, 3.63) is 23.8 Å². The van der Waals surface area contributed by atoms with Gasteiger partial charge in [-0.15, -0.1) is 0 Å². The summed E-state index contributed by atoms with van der Waals surface area (Å²) in [6, 6.07) is 6.38. The van der Waals surface area contributed by atoms with Gasteiger partial charge in [-0.1, -0.05) is 97.5 Å². The van der Waals surface area contributed by atoms with Crippen molar-refractivity contribution in [2.45, 2.75) is 117 Å². The Bertz CT molecular complexity index is 504. The molecule has 0 aliphatic heterocycles. The highest BCUT2D eigenvalue weighted by Crippen LogP contribution is 2.26. The van der Waals surface area contributed by atoms with Gasteiger partial charge in [0.15, 0.2) is 0 Å². The second-order valence-electron chi connectivity index (χ2n) is 8.53. The van der Waals surface area contributed by atoms with E-state index in [4.69, 9.17) is 9.47 Å². The molecule has 1 aromatic carbocycles. The Morgan fingerprint density at radius 3 is 1.87 bits per heavy atom. The molecule has 0 bridgehead atoms. The van der Waals surface area contributed by atoms with Crippen LogP contribution in [0, 0.1) is 0 Å². The third kappa shape index (κ3) is 13.9. The largest absolute Gasteiger partial charge is 0.493 e. The summed E-state index contributed by atoms with van der Waals surface area (Å²) in [7, 11) is 0. The summed E-state index contributed by atoms with van der Waals surface area (Å²) in [5.41, 5.74) is 1.25. The van der Waals surface area contributed by atoms with Crippen molar-refractivity contribution in [3.8, 4) is 11.5 Å². The first kappa shape index (κ1) is 26.8. The highest BCUT2D eigenvalue weighted by atomic mass is 16.5. The molecule has 0 saturated carbocycles. The predicted octanol–water partition coefficient (Wildman–Crippen LogP) is 8.05. The first-order chi connectivity index (χ1) is 14.8. The summed E-state index contributed by atoms with van der Waals surface area (Å²) >= 11 is 0. The van der Waals surface area contributed by atoms with E-state index >= 15 is 0 Å². The Morgan fingerprint density at radius 2 is 1.20 bits per heavy atom. The van der Waals surface area contributed by atoms with Crippen molar-refractivity contribution in [1.82, 2.24) is 5.32 Å². The zero-order valence-corrected chi connectivity index (χ0v) is 20.3. The zero-order valence-electron chi connectivity index (χ0n) is 20.3. The number of hydrogen-bond acceptors (Lipinski definition) is 3. The Labute approximate surface area is 187 Å². The van der Waals surface area contributed by atoms with E-state index in [9.17, 15) is 0 Å². The van der Waals surface area contributed by atoms with E-state index in [1.165, 1.54) is 82.6 Å². The van der Waals surface area contributed by atoms with Gasteiger partial charge in [0.25, 0.3) is 0 Å². The van der Waals surface area contributed by atoms with Crippen LogP contribution in [0.15, 0.2) is 18.2 Å². The van der Waals surface area contributed by atoms with Gasteiger partial charge >= 0.3 is 0 Å². The first-order valence-electron chi connectivity index (χ1n) is 12.9. The molecule has 0 aliphatic rings. The molecule has 0 saturated heterocycles. The highest BCUT2D eigenvalue weighted by Gasteiger charge is 2.07. The molecule has 0 atom stereocenters. The van der Waals surface area contributed by atoms with E-state index in [0.717, 1.165) is 50.6 Å². The molecule has 0 amide bonds. The molecular weight excluding hydrogens is 370 g/mol. The lowest BCUT2D eigenvalue weighted by Gasteiger charge is -2.15. The second-order valence-corrected chi connectivity index (χ2v) is 8.53. The van der Waals surface area contributed by atoms with E-state index in [-0.39, 0.29) is 0 Å². The normalized spacial score (nSPS) is 11.0. The van der Waals surface area contributed by atoms with Gasteiger partial charge < -0.3 is 14.8 Å². The van der Waals surface area contributed by atoms with Crippen LogP contribution < -0.4 is 14.8 Å². The summed E-state index contributed by atoms with van der Waals surface area (Å²) in [4.78, 5) is 0. The fourth-order valence-electron chi connectivity index (χ4n) is 3.59. The smallest absolute Gasteiger partial charge is 0.127 e. The summed E-state index contributed by atoms with van der Waals surface area (Å²) in [5, 5.41) is 3.61. The van der Waals surface area contributed by atoms with Crippen molar-refractivity contribution in [2.24, 2.45) is 0 Å². The number of benzene rings is 1. The zero-order chi connectivity index (χ0) is 21.7. The minimum Gasteiger partial charge on any atom is -0.493 e. The Balaban J connectivity index is 2.44. The molecule has 0 radical (unpaired) electrons. The quantitative estimate of drug-likeness (QED) is 0.204. The Morgan fingerprint density at radius 1 is 0.633 bits per heavy atom. The Hall–Kier alpha value is -1.22. The van der Waals surface area contributed by atoms with Gasteiger partial charge in [-0.05, 0) is 31.9 Å². The van der Waals surface area contributed by atoms with Crippen LogP contribution in [-0.4, -0.2) is 19.8 Å². The summed E-state index contributed by atoms with van der Waals surface area (Å²) in [5.74, 6) is 1.93. The fourth-order valence-corrected chi connectivity index (χ4v) is 3.59. The van der Waals surface area contributed by atoms with Gasteiger partial charge in [0.1, 0.15) is 11.5 Å². The van der Waals surface area contributed by atoms with E-state index in [1.54, 1.807) is 0 Å². The summed E-state index contributed by atoms with van der Waals surface area (Å²) in [6.07, 6.45) is 17.9. The molecule has 1 rings (SSSR count). The molecule has 0 fully saturated rings. The van der Waals surface area contributed by atoms with Crippen LogP contribution in [0.4, 0.5) is 0 Å². The number of hydrogen-bond donors (Lipinski definition) is 1. The predicted molar refractivity (Wildman–Crippen MR) is 131 cm³/mol. The summed E-state index contributed by atoms with van der Waals surface area (Å²) in [6.45, 7) is 10.3. The monoisotopic (exact) mass is 419 g/mol. The van der Waals surface area contributed by atoms with Gasteiger partial charge in [0, 0.05) is 18.2 Å². The molecule has 30 heavy (non-hydrogen) atoms. The lowest BCUT2D eigenvalue weighted by atomic mass is 10.1. The Kier molecular flexibility index (Phi) is 17.6. The minimum atomic E-state index is 0.796. The molecule has 3 nitrogen and oxygen atoms in total. The maximum atomic E-state index is 6.17. The molecule has 1 N–H and O–H groups in total. The van der Waals surface area contributed by atoms with Crippen molar-refractivity contribution in [3.63, 3.8) is 0 Å². The first-order valence-corrected chi connectivity index (χ1v) is 12.9. The van der Waals surface area contributed by atoms with Crippen LogP contribution in [0.3, 0.4) is 0 Å². The van der Waals surface area contributed by atoms with Crippen LogP contribution in [0.1, 0.15) is 116 Å². The topological polar surface area (TPSA) is 30.5 Å². The van der Waals surface area contributed by atoms with E-state index in [2.05, 4.69) is 44.3 Å². The lowest BCUT2D eigenvalue weighted by Crippen LogP contribution is -2.15. The van der Waals surface area contributed by atoms with Crippen molar-refractivity contribution in [2.75, 3.05) is 19.8 Å². The molecule has 0 aliphatic carbocycles. The van der Waals surface area contributed by atoms with E-state index < -0.39 is 0 Å². The molecule has 3 heteroatoms. The van der Waals surface area contributed by atoms with Gasteiger partial charge in [-0.2, -0.15) is 0 Å². The van der Waals surface area contributed by atoms with E-state index in [1.807, 2.05) is 0 Å². The van der Waals surface area contributed by atoms with Gasteiger partial charge in [0.05, 0.1) is 13.2 Å². The average molecular weight is 420 g/mol. The average Bonchev–Trinajstić information content (AvgIpc) is 2.76. The molecule has 0 heterocycles. The van der Waals surface area contributed by atoms with Crippen LogP contribution >= 0.6 is 0 Å². The van der Waals surface area contributed by atoms with Crippen LogP contribution in [0.5, 0.6) is 11.5 Å². The van der Waals surface area contributed by atoms with Crippen molar-refractivity contribution < 1.29 is 9.47 Å². The van der Waals surface area contributed by atoms with Crippen molar-refractivity contribution >= 4 is 0 Å². The lowest BCUT2D eigenvalue weighted by molar-refractivity contribution is 0.288. The molecule has 0 unspecified atom stereocenters. The third-order valence-electron chi connectivity index (χ3n) is 5.58. The van der Waals surface area contributed by atoms with Gasteiger partial charge in [-0.3, -0.25) is 0 Å². The summed E-state index contributed by atoms with van der Waals surface area (Å²) < 4.78 is 12.2. The molecule has 0 aromatic heterocycles. The number of rotatable bonds is 21. The van der Waals surface area contributed by atoms with Crippen LogP contribution in [0.25, 0.3) is 0 Å². The standard InChI is InChI=1S/C27H49NO2/c1-4-7-10-13-14-15-20-28-24-25-18-19-26(29-21-16-11-8-5-2)23-27(25)30-22-17-12-9-6-3/h18-19,23,28H,4-17,20-22,24H2,1-3H3. The van der Waals surface area contributed by atoms with Gasteiger partial charge in [0.2, 0.25) is 0 Å². The molecular formula is C27H49NO2. The van der Waals surface area contributed by atoms with Gasteiger partial charge in [-0.25, -0.2) is 0 Å². The van der Waals surface area contributed by atoms with Crippen LogP contribution in [0.2, 0.25) is 0 Å². The molecule has 174 valence electrons. The highest BCUT2D eigenvalue weighted by molar-refractivity contribution is 5.40. The number of ether oxygens (including phenoxy) is 2. The fraction of sp³-hybridized carbons (Fsp3) is 0.778. The maximum Gasteiger partial charge on any atom is 0.127 e. The third-order valence-corrected chi connectivity index (χ3v) is 5.58. The maximum absolute atomic E-state index is 6.17. The number of nitrogens with one attached hydrogen (secondary N) is 1. The molecule has 0 spiro atoms. The molecule has 1 aromatic rings. The minimum absolute atomic E-state index is 0.796. The van der Waals surface area contributed by atoms with E-state index in [0.29, 0.717) is 0 Å². The SMILES string of the molecule is CCCCCCCCNCc1ccc(OCCCCCC)cc1OCCCCCC. The number of unbranched alkanes of at least 4 members (excludes halogenated alkanes) is 11. The van der Waals surface area contributed by atoms with Crippen molar-refractivity contribution in [1.29, 1.82) is 0 Å².